The first-order valence-corrected chi connectivity index (χ1v) is 11.4. The van der Waals surface area contributed by atoms with E-state index in [1.165, 1.54) is 27.8 Å². The topological polar surface area (TPSA) is 99.8 Å². The predicted octanol–water partition coefficient (Wildman–Crippen LogP) is 4.26. The highest BCUT2D eigenvalue weighted by Gasteiger charge is 2.13. The summed E-state index contributed by atoms with van der Waals surface area (Å²) < 4.78 is 0. The number of nitrogens with zero attached hydrogens (tertiary/aromatic N) is 2. The molecule has 0 spiro atoms. The molecule has 7 nitrogen and oxygen atoms in total. The summed E-state index contributed by atoms with van der Waals surface area (Å²) in [5.74, 6) is -0.252. The Labute approximate surface area is 190 Å². The van der Waals surface area contributed by atoms with Gasteiger partial charge in [0.05, 0.1) is 0 Å². The smallest absolute Gasteiger partial charge is 0.286 e. The van der Waals surface area contributed by atoms with E-state index in [-0.39, 0.29) is 11.8 Å². The van der Waals surface area contributed by atoms with Crippen LogP contribution >= 0.6 is 11.3 Å². The first kappa shape index (κ1) is 21.7. The molecule has 0 radical (unpaired) electrons. The van der Waals surface area contributed by atoms with Crippen LogP contribution < -0.4 is 10.6 Å². The third kappa shape index (κ3) is 5.59. The van der Waals surface area contributed by atoms with Crippen LogP contribution in [0, 0.1) is 6.92 Å². The molecule has 2 heterocycles. The van der Waals surface area contributed by atoms with E-state index in [0.717, 1.165) is 16.9 Å². The van der Waals surface area contributed by atoms with E-state index in [1.54, 1.807) is 0 Å². The standard InChI is InChI=1S/C24H25N5O2S/c1-16-10-11-20-19(14-16)17(15-26-20)12-13-25-21(30)8-5-9-22-28-29-24(32-22)23(31)27-18-6-3-2-4-7-18/h2-4,6-7,10-11,14-15,26H,5,8-9,12-13H2,1H3,(H,25,30)(H,27,31). The van der Waals surface area contributed by atoms with Crippen LogP contribution in [0.3, 0.4) is 0 Å². The fourth-order valence-corrected chi connectivity index (χ4v) is 4.25. The SMILES string of the molecule is Cc1ccc2[nH]cc(CCNC(=O)CCCc3nnc(C(=O)Nc4ccccc4)s3)c2c1. The van der Waals surface area contributed by atoms with E-state index >= 15 is 0 Å². The van der Waals surface area contributed by atoms with Gasteiger partial charge >= 0.3 is 0 Å². The number of benzene rings is 2. The largest absolute Gasteiger partial charge is 0.361 e. The van der Waals surface area contributed by atoms with Crippen molar-refractivity contribution in [2.45, 2.75) is 32.6 Å². The number of H-pyrrole nitrogens is 1. The lowest BCUT2D eigenvalue weighted by atomic mass is 10.1. The van der Waals surface area contributed by atoms with Gasteiger partial charge in [-0.25, -0.2) is 0 Å². The molecule has 0 fully saturated rings. The minimum Gasteiger partial charge on any atom is -0.361 e. The van der Waals surface area contributed by atoms with Gasteiger partial charge < -0.3 is 15.6 Å². The first-order valence-electron chi connectivity index (χ1n) is 10.6. The van der Waals surface area contributed by atoms with Gasteiger partial charge in [-0.2, -0.15) is 0 Å². The van der Waals surface area contributed by atoms with Crippen LogP contribution in [0.4, 0.5) is 5.69 Å². The molecular formula is C24H25N5O2S. The minimum absolute atomic E-state index is 0.0209. The second kappa shape index (κ2) is 10.2. The number of nitrogens with one attached hydrogen (secondary N) is 3. The average molecular weight is 448 g/mol. The van der Waals surface area contributed by atoms with Crippen molar-refractivity contribution >= 4 is 39.7 Å². The van der Waals surface area contributed by atoms with E-state index in [2.05, 4.69) is 50.9 Å². The van der Waals surface area contributed by atoms with E-state index in [4.69, 9.17) is 0 Å². The molecule has 164 valence electrons. The number of amides is 2. The van der Waals surface area contributed by atoms with Crippen molar-refractivity contribution in [3.63, 3.8) is 0 Å². The molecule has 0 aliphatic rings. The van der Waals surface area contributed by atoms with Crippen molar-refractivity contribution in [1.82, 2.24) is 20.5 Å². The van der Waals surface area contributed by atoms with Gasteiger partial charge in [0.1, 0.15) is 5.01 Å². The summed E-state index contributed by atoms with van der Waals surface area (Å²) in [4.78, 5) is 27.7. The fourth-order valence-electron chi connectivity index (χ4n) is 3.48. The van der Waals surface area contributed by atoms with Crippen molar-refractivity contribution in [3.05, 3.63) is 75.9 Å². The van der Waals surface area contributed by atoms with Crippen molar-refractivity contribution in [2.24, 2.45) is 0 Å². The predicted molar refractivity (Wildman–Crippen MR) is 127 cm³/mol. The molecule has 4 aromatic rings. The molecule has 0 saturated heterocycles. The molecule has 4 rings (SSSR count). The monoisotopic (exact) mass is 447 g/mol. The van der Waals surface area contributed by atoms with Gasteiger partial charge in [-0.15, -0.1) is 10.2 Å². The number of fused-ring (bicyclic) bond motifs is 1. The number of hydrogen-bond acceptors (Lipinski definition) is 5. The molecule has 0 aliphatic heterocycles. The summed E-state index contributed by atoms with van der Waals surface area (Å²) in [7, 11) is 0. The van der Waals surface area contributed by atoms with Gasteiger partial charge in [0.15, 0.2) is 0 Å². The molecule has 0 saturated carbocycles. The maximum atomic E-state index is 12.3. The number of rotatable bonds is 9. The van der Waals surface area contributed by atoms with Crippen LogP contribution in [0.1, 0.15) is 38.8 Å². The molecule has 2 aromatic carbocycles. The normalized spacial score (nSPS) is 10.9. The fraction of sp³-hybridized carbons (Fsp3) is 0.250. The number of carbonyl (C=O) groups is 2. The lowest BCUT2D eigenvalue weighted by Crippen LogP contribution is -2.25. The van der Waals surface area contributed by atoms with Crippen molar-refractivity contribution in [2.75, 3.05) is 11.9 Å². The highest BCUT2D eigenvalue weighted by Crippen LogP contribution is 2.20. The second-order valence-electron chi connectivity index (χ2n) is 7.64. The molecule has 0 aliphatic carbocycles. The van der Waals surface area contributed by atoms with Crippen molar-refractivity contribution in [1.29, 1.82) is 0 Å². The Bertz CT molecular complexity index is 1220. The quantitative estimate of drug-likeness (QED) is 0.357. The third-order valence-electron chi connectivity index (χ3n) is 5.13. The summed E-state index contributed by atoms with van der Waals surface area (Å²) in [6.45, 7) is 2.68. The molecular weight excluding hydrogens is 422 g/mol. The molecule has 8 heteroatoms. The Morgan fingerprint density at radius 2 is 1.91 bits per heavy atom. The molecule has 0 unspecified atom stereocenters. The average Bonchev–Trinajstić information content (AvgIpc) is 3.42. The molecule has 3 N–H and O–H groups in total. The van der Waals surface area contributed by atoms with Crippen LogP contribution in [0.2, 0.25) is 0 Å². The zero-order valence-corrected chi connectivity index (χ0v) is 18.7. The zero-order chi connectivity index (χ0) is 22.3. The van der Waals surface area contributed by atoms with Crippen molar-refractivity contribution in [3.8, 4) is 0 Å². The summed E-state index contributed by atoms with van der Waals surface area (Å²) in [5, 5.41) is 16.1. The van der Waals surface area contributed by atoms with Gasteiger partial charge in [0, 0.05) is 42.2 Å². The molecule has 2 aromatic heterocycles. The van der Waals surface area contributed by atoms with Gasteiger partial charge in [0.2, 0.25) is 10.9 Å². The summed E-state index contributed by atoms with van der Waals surface area (Å²) >= 11 is 1.26. The Morgan fingerprint density at radius 1 is 1.06 bits per heavy atom. The number of carbonyl (C=O) groups excluding carboxylic acids is 2. The maximum absolute atomic E-state index is 12.3. The van der Waals surface area contributed by atoms with Gasteiger partial charge in [-0.3, -0.25) is 9.59 Å². The van der Waals surface area contributed by atoms with E-state index in [9.17, 15) is 9.59 Å². The third-order valence-corrected chi connectivity index (χ3v) is 6.11. The molecule has 0 bridgehead atoms. The van der Waals surface area contributed by atoms with E-state index in [1.807, 2.05) is 36.5 Å². The number of anilines is 1. The number of aromatic nitrogens is 3. The number of aryl methyl sites for hydroxylation is 2. The van der Waals surface area contributed by atoms with Gasteiger partial charge in [0.25, 0.3) is 5.91 Å². The summed E-state index contributed by atoms with van der Waals surface area (Å²) in [6, 6.07) is 15.6. The van der Waals surface area contributed by atoms with Gasteiger partial charge in [-0.1, -0.05) is 41.2 Å². The van der Waals surface area contributed by atoms with Crippen LogP contribution in [0.15, 0.2) is 54.7 Å². The lowest BCUT2D eigenvalue weighted by molar-refractivity contribution is -0.121. The maximum Gasteiger partial charge on any atom is 0.286 e. The summed E-state index contributed by atoms with van der Waals surface area (Å²) in [6.07, 6.45) is 4.49. The Balaban J connectivity index is 1.18. The van der Waals surface area contributed by atoms with Gasteiger partial charge in [-0.05, 0) is 49.6 Å². The molecule has 2 amide bonds. The number of aromatic amines is 1. The van der Waals surface area contributed by atoms with Crippen LogP contribution in [-0.2, 0) is 17.6 Å². The van der Waals surface area contributed by atoms with E-state index in [0.29, 0.717) is 36.5 Å². The van der Waals surface area contributed by atoms with E-state index < -0.39 is 0 Å². The van der Waals surface area contributed by atoms with Crippen LogP contribution in [-0.4, -0.2) is 33.5 Å². The highest BCUT2D eigenvalue weighted by atomic mass is 32.1. The first-order chi connectivity index (χ1) is 15.6. The Kier molecular flexibility index (Phi) is 6.91. The Morgan fingerprint density at radius 3 is 2.75 bits per heavy atom. The molecule has 0 atom stereocenters. The number of hydrogen-bond donors (Lipinski definition) is 3. The van der Waals surface area contributed by atoms with Crippen LogP contribution in [0.5, 0.6) is 0 Å². The minimum atomic E-state index is -0.273. The van der Waals surface area contributed by atoms with Crippen LogP contribution in [0.25, 0.3) is 10.9 Å². The molecule has 32 heavy (non-hydrogen) atoms. The second-order valence-corrected chi connectivity index (χ2v) is 8.70. The zero-order valence-electron chi connectivity index (χ0n) is 17.9. The summed E-state index contributed by atoms with van der Waals surface area (Å²) in [5.41, 5.74) is 4.26. The highest BCUT2D eigenvalue weighted by molar-refractivity contribution is 7.13. The number of para-hydroxylation sites is 1. The van der Waals surface area contributed by atoms with Crippen molar-refractivity contribution < 1.29 is 9.59 Å². The lowest BCUT2D eigenvalue weighted by Gasteiger charge is -2.04. The Hall–Kier alpha value is -3.52.